The Morgan fingerprint density at radius 3 is 2.44 bits per heavy atom. The highest BCUT2D eigenvalue weighted by Crippen LogP contribution is 2.59. The van der Waals surface area contributed by atoms with Gasteiger partial charge in [0.15, 0.2) is 6.29 Å². The molecule has 3 fully saturated rings. The standard InChI is InChI=1S/C25H42O6S2Si/c1-23(2,3)34(5,6)31-18-9-10-24(22(26)27-4)17-30-21(19(24)15-18)25(32-13-8-14-33-25)16-20-28-11-7-12-29-20/h15,19-21H,7-14,16-17H2,1-6H3/t19-,21+,24-/m0/s1. The van der Waals surface area contributed by atoms with Crippen molar-refractivity contribution < 1.29 is 28.2 Å². The van der Waals surface area contributed by atoms with E-state index in [1.54, 1.807) is 0 Å². The quantitative estimate of drug-likeness (QED) is 0.326. The second-order valence-electron chi connectivity index (χ2n) is 11.5. The van der Waals surface area contributed by atoms with Gasteiger partial charge >= 0.3 is 5.97 Å². The van der Waals surface area contributed by atoms with E-state index in [1.165, 1.54) is 13.5 Å². The minimum atomic E-state index is -1.99. The van der Waals surface area contributed by atoms with Crippen molar-refractivity contribution in [2.45, 2.75) is 87.5 Å². The number of methoxy groups -OCH3 is 1. The molecule has 3 aliphatic heterocycles. The SMILES string of the molecule is COC(=O)[C@]12CCC(O[Si](C)(C)C(C)(C)C)=C[C@H]1[C@H](C1(CC3OCCCO3)SCCCS1)OC2. The molecule has 4 rings (SSSR count). The van der Waals surface area contributed by atoms with Gasteiger partial charge < -0.3 is 23.4 Å². The molecule has 0 saturated carbocycles. The summed E-state index contributed by atoms with van der Waals surface area (Å²) in [6.07, 6.45) is 6.20. The van der Waals surface area contributed by atoms with E-state index in [4.69, 9.17) is 23.4 Å². The van der Waals surface area contributed by atoms with Gasteiger partial charge in [-0.1, -0.05) is 20.8 Å². The van der Waals surface area contributed by atoms with Crippen LogP contribution in [0.3, 0.4) is 0 Å². The number of allylic oxidation sites excluding steroid dienone is 1. The summed E-state index contributed by atoms with van der Waals surface area (Å²) in [5, 5.41) is 0.113. The Labute approximate surface area is 214 Å². The van der Waals surface area contributed by atoms with Gasteiger partial charge in [0, 0.05) is 18.8 Å². The van der Waals surface area contributed by atoms with Crippen molar-refractivity contribution in [3.63, 3.8) is 0 Å². The Kier molecular flexibility index (Phi) is 8.12. The Morgan fingerprint density at radius 1 is 1.15 bits per heavy atom. The van der Waals surface area contributed by atoms with Gasteiger partial charge in [0.25, 0.3) is 0 Å². The van der Waals surface area contributed by atoms with Gasteiger partial charge in [-0.15, -0.1) is 23.5 Å². The van der Waals surface area contributed by atoms with Crippen molar-refractivity contribution >= 4 is 37.8 Å². The Balaban J connectivity index is 1.68. The molecule has 6 nitrogen and oxygen atoms in total. The van der Waals surface area contributed by atoms with Crippen molar-refractivity contribution in [2.24, 2.45) is 11.3 Å². The van der Waals surface area contributed by atoms with Crippen molar-refractivity contribution in [1.29, 1.82) is 0 Å². The normalized spacial score (nSPS) is 32.6. The van der Waals surface area contributed by atoms with E-state index in [1.807, 2.05) is 23.5 Å². The first-order valence-corrected chi connectivity index (χ1v) is 17.5. The number of carbonyl (C=O) groups excluding carboxylic acids is 1. The number of esters is 1. The van der Waals surface area contributed by atoms with Gasteiger partial charge in [0.1, 0.15) is 5.41 Å². The molecular weight excluding hydrogens is 488 g/mol. The van der Waals surface area contributed by atoms with Gasteiger partial charge in [-0.3, -0.25) is 4.79 Å². The van der Waals surface area contributed by atoms with Crippen LogP contribution in [0.5, 0.6) is 0 Å². The zero-order valence-corrected chi connectivity index (χ0v) is 24.3. The van der Waals surface area contributed by atoms with Crippen LogP contribution in [0.2, 0.25) is 18.1 Å². The van der Waals surface area contributed by atoms with E-state index in [0.717, 1.165) is 49.7 Å². The summed E-state index contributed by atoms with van der Waals surface area (Å²) in [4.78, 5) is 13.2. The number of thioether (sulfide) groups is 2. The van der Waals surface area contributed by atoms with Gasteiger partial charge in [0.05, 0.1) is 42.9 Å². The number of rotatable bonds is 6. The van der Waals surface area contributed by atoms with E-state index < -0.39 is 13.7 Å². The fraction of sp³-hybridized carbons (Fsp3) is 0.880. The van der Waals surface area contributed by atoms with E-state index in [0.29, 0.717) is 13.0 Å². The molecule has 0 aromatic heterocycles. The summed E-state index contributed by atoms with van der Waals surface area (Å²) in [7, 11) is -0.491. The van der Waals surface area contributed by atoms with Crippen molar-refractivity contribution in [3.05, 3.63) is 11.8 Å². The fourth-order valence-electron chi connectivity index (χ4n) is 5.19. The highest BCUT2D eigenvalue weighted by molar-refractivity contribution is 8.18. The smallest absolute Gasteiger partial charge is 0.314 e. The third-order valence-electron chi connectivity index (χ3n) is 8.21. The lowest BCUT2D eigenvalue weighted by molar-refractivity contribution is -0.184. The molecule has 0 N–H and O–H groups in total. The summed E-state index contributed by atoms with van der Waals surface area (Å²) in [5.74, 6) is 2.94. The first-order chi connectivity index (χ1) is 16.0. The molecule has 194 valence electrons. The fourth-order valence-corrected chi connectivity index (χ4v) is 9.87. The van der Waals surface area contributed by atoms with Crippen LogP contribution < -0.4 is 0 Å². The lowest BCUT2D eigenvalue weighted by atomic mass is 9.68. The van der Waals surface area contributed by atoms with Crippen LogP contribution in [0.15, 0.2) is 11.8 Å². The van der Waals surface area contributed by atoms with Crippen LogP contribution >= 0.6 is 23.5 Å². The van der Waals surface area contributed by atoms with Crippen LogP contribution in [-0.4, -0.2) is 69.2 Å². The number of hydrogen-bond donors (Lipinski definition) is 0. The van der Waals surface area contributed by atoms with Crippen LogP contribution in [0, 0.1) is 11.3 Å². The summed E-state index contributed by atoms with van der Waals surface area (Å²) < 4.78 is 30.5. The predicted octanol–water partition coefficient (Wildman–Crippen LogP) is 5.58. The number of ether oxygens (including phenoxy) is 4. The maximum absolute atomic E-state index is 13.2. The van der Waals surface area contributed by atoms with Crippen molar-refractivity contribution in [1.82, 2.24) is 0 Å². The molecular formula is C25H42O6S2Si. The van der Waals surface area contributed by atoms with Crippen LogP contribution in [-0.2, 0) is 28.2 Å². The first-order valence-electron chi connectivity index (χ1n) is 12.6. The molecule has 4 aliphatic rings. The lowest BCUT2D eigenvalue weighted by Gasteiger charge is -2.46. The van der Waals surface area contributed by atoms with Crippen LogP contribution in [0.1, 0.15) is 52.9 Å². The third-order valence-corrected chi connectivity index (χ3v) is 16.1. The van der Waals surface area contributed by atoms with E-state index in [2.05, 4.69) is 39.9 Å². The average molecular weight is 531 g/mol. The molecule has 0 amide bonds. The second kappa shape index (κ2) is 10.3. The second-order valence-corrected chi connectivity index (χ2v) is 19.3. The maximum Gasteiger partial charge on any atom is 0.314 e. The van der Waals surface area contributed by atoms with Crippen LogP contribution in [0.4, 0.5) is 0 Å². The Morgan fingerprint density at radius 2 is 1.82 bits per heavy atom. The van der Waals surface area contributed by atoms with Crippen molar-refractivity contribution in [3.8, 4) is 0 Å². The molecule has 3 saturated heterocycles. The maximum atomic E-state index is 13.2. The molecule has 0 bridgehead atoms. The predicted molar refractivity (Wildman–Crippen MR) is 140 cm³/mol. The molecule has 3 atom stereocenters. The molecule has 34 heavy (non-hydrogen) atoms. The molecule has 3 heterocycles. The molecule has 1 aliphatic carbocycles. The molecule has 0 aromatic carbocycles. The summed E-state index contributed by atoms with van der Waals surface area (Å²) in [6, 6.07) is 0. The van der Waals surface area contributed by atoms with Gasteiger partial charge in [0.2, 0.25) is 8.32 Å². The van der Waals surface area contributed by atoms with Gasteiger partial charge in [-0.25, -0.2) is 0 Å². The Bertz CT molecular complexity index is 770. The largest absolute Gasteiger partial charge is 0.547 e. The molecule has 0 unspecified atom stereocenters. The van der Waals surface area contributed by atoms with Gasteiger partial charge in [-0.05, 0) is 55.0 Å². The monoisotopic (exact) mass is 530 g/mol. The van der Waals surface area contributed by atoms with Crippen molar-refractivity contribution in [2.75, 3.05) is 38.4 Å². The molecule has 0 spiro atoms. The van der Waals surface area contributed by atoms with E-state index >= 15 is 0 Å². The number of fused-ring (bicyclic) bond motifs is 1. The highest BCUT2D eigenvalue weighted by Gasteiger charge is 2.62. The number of hydrogen-bond acceptors (Lipinski definition) is 8. The van der Waals surface area contributed by atoms with E-state index in [9.17, 15) is 4.79 Å². The topological polar surface area (TPSA) is 63.2 Å². The van der Waals surface area contributed by atoms with E-state index in [-0.39, 0.29) is 33.4 Å². The lowest BCUT2D eigenvalue weighted by Crippen LogP contribution is -2.50. The number of carbonyl (C=O) groups is 1. The third kappa shape index (κ3) is 5.12. The molecule has 0 aromatic rings. The summed E-state index contributed by atoms with van der Waals surface area (Å²) in [5.41, 5.74) is -0.653. The zero-order chi connectivity index (χ0) is 24.6. The average Bonchev–Trinajstić information content (AvgIpc) is 3.19. The van der Waals surface area contributed by atoms with Crippen LogP contribution in [0.25, 0.3) is 0 Å². The summed E-state index contributed by atoms with van der Waals surface area (Å²) >= 11 is 3.92. The molecule has 9 heteroatoms. The first kappa shape index (κ1) is 26.9. The van der Waals surface area contributed by atoms with Gasteiger partial charge in [-0.2, -0.15) is 0 Å². The molecule has 0 radical (unpaired) electrons. The highest BCUT2D eigenvalue weighted by atomic mass is 32.2. The zero-order valence-electron chi connectivity index (χ0n) is 21.6. The summed E-state index contributed by atoms with van der Waals surface area (Å²) in [6.45, 7) is 13.2. The minimum absolute atomic E-state index is 0.0878. The minimum Gasteiger partial charge on any atom is -0.547 e. The Hall–Kier alpha value is -0.193.